The summed E-state index contributed by atoms with van der Waals surface area (Å²) in [6.07, 6.45) is 1.61. The zero-order chi connectivity index (χ0) is 14.4. The van der Waals surface area contributed by atoms with E-state index in [1.54, 1.807) is 6.07 Å². The van der Waals surface area contributed by atoms with Gasteiger partial charge >= 0.3 is 12.0 Å². The molecule has 0 aliphatic rings. The molecule has 0 radical (unpaired) electrons. The summed E-state index contributed by atoms with van der Waals surface area (Å²) in [7, 11) is 0. The van der Waals surface area contributed by atoms with Crippen LogP contribution in [0.5, 0.6) is 0 Å². The van der Waals surface area contributed by atoms with Gasteiger partial charge in [-0.3, -0.25) is 0 Å². The number of benzene rings is 1. The van der Waals surface area contributed by atoms with Gasteiger partial charge in [-0.15, -0.1) is 6.58 Å². The van der Waals surface area contributed by atoms with E-state index in [0.29, 0.717) is 5.69 Å². The Morgan fingerprint density at radius 1 is 1.53 bits per heavy atom. The molecule has 1 aromatic rings. The summed E-state index contributed by atoms with van der Waals surface area (Å²) in [6, 6.07) is 3.93. The van der Waals surface area contributed by atoms with Crippen LogP contribution in [-0.4, -0.2) is 23.1 Å². The fourth-order valence-corrected chi connectivity index (χ4v) is 1.79. The second-order valence-corrected chi connectivity index (χ2v) is 4.85. The minimum Gasteiger partial charge on any atom is -0.480 e. The predicted octanol–water partition coefficient (Wildman–Crippen LogP) is 2.91. The number of carbonyl (C=O) groups is 2. The van der Waals surface area contributed by atoms with Gasteiger partial charge in [-0.1, -0.05) is 12.1 Å². The highest BCUT2D eigenvalue weighted by Crippen LogP contribution is 2.23. The van der Waals surface area contributed by atoms with E-state index < -0.39 is 18.0 Å². The van der Waals surface area contributed by atoms with Crippen molar-refractivity contribution in [2.45, 2.75) is 19.4 Å². The molecule has 0 saturated heterocycles. The number of amides is 2. The molecular formula is C13H15BrN2O3. The molecule has 2 amide bonds. The van der Waals surface area contributed by atoms with Gasteiger partial charge in [0.15, 0.2) is 0 Å². The lowest BCUT2D eigenvalue weighted by Crippen LogP contribution is -2.42. The van der Waals surface area contributed by atoms with Gasteiger partial charge in [0.05, 0.1) is 5.69 Å². The highest BCUT2D eigenvalue weighted by Gasteiger charge is 2.18. The number of aliphatic carboxylic acids is 1. The molecule has 0 saturated carbocycles. The molecule has 6 heteroatoms. The van der Waals surface area contributed by atoms with Gasteiger partial charge in [0, 0.05) is 4.47 Å². The number of hydrogen-bond acceptors (Lipinski definition) is 2. The van der Waals surface area contributed by atoms with Crippen molar-refractivity contribution in [2.24, 2.45) is 0 Å². The van der Waals surface area contributed by atoms with Gasteiger partial charge in [-0.05, 0) is 47.0 Å². The van der Waals surface area contributed by atoms with Crippen molar-refractivity contribution in [2.75, 3.05) is 5.32 Å². The normalized spacial score (nSPS) is 11.5. The summed E-state index contributed by atoms with van der Waals surface area (Å²) in [4.78, 5) is 22.6. The maximum atomic E-state index is 11.7. The van der Waals surface area contributed by atoms with E-state index in [0.717, 1.165) is 10.0 Å². The molecule has 1 atom stereocenters. The Kier molecular flexibility index (Phi) is 5.57. The third-order valence-electron chi connectivity index (χ3n) is 2.38. The van der Waals surface area contributed by atoms with E-state index in [4.69, 9.17) is 5.11 Å². The van der Waals surface area contributed by atoms with Gasteiger partial charge in [0.25, 0.3) is 0 Å². The Balaban J connectivity index is 2.71. The molecule has 102 valence electrons. The fourth-order valence-electron chi connectivity index (χ4n) is 1.44. The average molecular weight is 327 g/mol. The van der Waals surface area contributed by atoms with Gasteiger partial charge in [-0.25, -0.2) is 9.59 Å². The van der Waals surface area contributed by atoms with E-state index >= 15 is 0 Å². The van der Waals surface area contributed by atoms with Crippen LogP contribution in [0.3, 0.4) is 0 Å². The molecule has 0 spiro atoms. The number of anilines is 1. The maximum absolute atomic E-state index is 11.7. The molecule has 0 fully saturated rings. The van der Waals surface area contributed by atoms with Crippen molar-refractivity contribution < 1.29 is 14.7 Å². The van der Waals surface area contributed by atoms with Crippen LogP contribution in [0, 0.1) is 6.92 Å². The summed E-state index contributed by atoms with van der Waals surface area (Å²) in [5.74, 6) is -1.10. The lowest BCUT2D eigenvalue weighted by Gasteiger charge is -2.14. The van der Waals surface area contributed by atoms with Crippen LogP contribution in [0.1, 0.15) is 12.0 Å². The molecule has 5 nitrogen and oxygen atoms in total. The topological polar surface area (TPSA) is 78.4 Å². The first-order valence-corrected chi connectivity index (χ1v) is 6.40. The fraction of sp³-hybridized carbons (Fsp3) is 0.231. The minimum atomic E-state index is -1.10. The number of carboxylic acid groups (broad SMARTS) is 1. The maximum Gasteiger partial charge on any atom is 0.326 e. The van der Waals surface area contributed by atoms with Crippen LogP contribution in [0.4, 0.5) is 10.5 Å². The monoisotopic (exact) mass is 326 g/mol. The number of carboxylic acids is 1. The smallest absolute Gasteiger partial charge is 0.326 e. The molecule has 0 aliphatic carbocycles. The largest absolute Gasteiger partial charge is 0.480 e. The second-order valence-electron chi connectivity index (χ2n) is 4.00. The molecule has 19 heavy (non-hydrogen) atoms. The minimum absolute atomic E-state index is 0.164. The first kappa shape index (κ1) is 15.2. The summed E-state index contributed by atoms with van der Waals surface area (Å²) in [6.45, 7) is 5.35. The standard InChI is InChI=1S/C13H15BrN2O3/c1-3-4-10(12(17)18)15-13(19)16-11-7-8(2)5-6-9(11)14/h3,5-7,10H,1,4H2,2H3,(H,17,18)(H2,15,16,19). The molecular weight excluding hydrogens is 312 g/mol. The van der Waals surface area contributed by atoms with Gasteiger partial charge < -0.3 is 15.7 Å². The molecule has 1 unspecified atom stereocenters. The number of aryl methyl sites for hydroxylation is 1. The Morgan fingerprint density at radius 3 is 2.79 bits per heavy atom. The molecule has 0 heterocycles. The van der Waals surface area contributed by atoms with E-state index in [9.17, 15) is 9.59 Å². The number of urea groups is 1. The number of rotatable bonds is 5. The zero-order valence-corrected chi connectivity index (χ0v) is 12.0. The quantitative estimate of drug-likeness (QED) is 0.728. The van der Waals surface area contributed by atoms with Crippen molar-refractivity contribution in [1.29, 1.82) is 0 Å². The Morgan fingerprint density at radius 2 is 2.21 bits per heavy atom. The highest BCUT2D eigenvalue weighted by molar-refractivity contribution is 9.10. The summed E-state index contributed by atoms with van der Waals surface area (Å²) in [5, 5.41) is 13.9. The zero-order valence-electron chi connectivity index (χ0n) is 10.4. The summed E-state index contributed by atoms with van der Waals surface area (Å²) < 4.78 is 0.726. The average Bonchev–Trinajstić information content (AvgIpc) is 2.33. The van der Waals surface area contributed by atoms with Crippen LogP contribution in [-0.2, 0) is 4.79 Å². The van der Waals surface area contributed by atoms with Crippen LogP contribution < -0.4 is 10.6 Å². The van der Waals surface area contributed by atoms with Crippen LogP contribution in [0.25, 0.3) is 0 Å². The summed E-state index contributed by atoms with van der Waals surface area (Å²) in [5.41, 5.74) is 1.57. The van der Waals surface area contributed by atoms with Gasteiger partial charge in [0.2, 0.25) is 0 Å². The van der Waals surface area contributed by atoms with Crippen LogP contribution >= 0.6 is 15.9 Å². The van der Waals surface area contributed by atoms with E-state index in [-0.39, 0.29) is 6.42 Å². The van der Waals surface area contributed by atoms with Crippen molar-refractivity contribution in [3.05, 3.63) is 40.9 Å². The number of carbonyl (C=O) groups excluding carboxylic acids is 1. The molecule has 0 aromatic heterocycles. The van der Waals surface area contributed by atoms with E-state index in [1.165, 1.54) is 6.08 Å². The first-order valence-electron chi connectivity index (χ1n) is 5.61. The van der Waals surface area contributed by atoms with Crippen molar-refractivity contribution in [3.63, 3.8) is 0 Å². The van der Waals surface area contributed by atoms with E-state index in [2.05, 4.69) is 33.1 Å². The molecule has 0 bridgehead atoms. The SMILES string of the molecule is C=CCC(NC(=O)Nc1cc(C)ccc1Br)C(=O)O. The van der Waals surface area contributed by atoms with Gasteiger partial charge in [-0.2, -0.15) is 0 Å². The number of nitrogens with one attached hydrogen (secondary N) is 2. The summed E-state index contributed by atoms with van der Waals surface area (Å²) >= 11 is 3.31. The molecule has 1 rings (SSSR count). The first-order chi connectivity index (χ1) is 8.93. The Bertz CT molecular complexity index is 503. The molecule has 3 N–H and O–H groups in total. The lowest BCUT2D eigenvalue weighted by atomic mass is 10.2. The number of hydrogen-bond donors (Lipinski definition) is 3. The van der Waals surface area contributed by atoms with E-state index in [1.807, 2.05) is 19.1 Å². The molecule has 0 aliphatic heterocycles. The third-order valence-corrected chi connectivity index (χ3v) is 3.07. The Hall–Kier alpha value is -1.82. The molecule has 1 aromatic carbocycles. The Labute approximate surface area is 119 Å². The van der Waals surface area contributed by atoms with Crippen LogP contribution in [0.15, 0.2) is 35.3 Å². The van der Waals surface area contributed by atoms with Crippen molar-refractivity contribution in [3.8, 4) is 0 Å². The number of halogens is 1. The van der Waals surface area contributed by atoms with Crippen molar-refractivity contribution >= 4 is 33.6 Å². The van der Waals surface area contributed by atoms with Crippen LogP contribution in [0.2, 0.25) is 0 Å². The lowest BCUT2D eigenvalue weighted by molar-refractivity contribution is -0.139. The highest BCUT2D eigenvalue weighted by atomic mass is 79.9. The third kappa shape index (κ3) is 4.75. The van der Waals surface area contributed by atoms with Gasteiger partial charge in [0.1, 0.15) is 6.04 Å². The predicted molar refractivity (Wildman–Crippen MR) is 77.3 cm³/mol. The second kappa shape index (κ2) is 6.94. The van der Waals surface area contributed by atoms with Crippen molar-refractivity contribution in [1.82, 2.24) is 5.32 Å².